The van der Waals surface area contributed by atoms with Gasteiger partial charge in [-0.1, -0.05) is 273 Å². The molecule has 0 aliphatic heterocycles. The zero-order chi connectivity index (χ0) is 108. The number of hydrogen-bond acceptors (Lipinski definition) is 19. The van der Waals surface area contributed by atoms with Crippen molar-refractivity contribution < 1.29 is 121 Å². The van der Waals surface area contributed by atoms with Crippen molar-refractivity contribution in [2.45, 2.75) is 393 Å². The molecule has 0 bridgehead atoms. The lowest BCUT2D eigenvalue weighted by Gasteiger charge is -2.30. The Morgan fingerprint density at radius 2 is 0.272 bits per heavy atom. The van der Waals surface area contributed by atoms with Crippen LogP contribution >= 0.6 is 0 Å². The van der Waals surface area contributed by atoms with E-state index in [9.17, 15) is 0 Å². The van der Waals surface area contributed by atoms with Gasteiger partial charge in [-0.05, 0) is 84.0 Å². The molecule has 0 fully saturated rings. The van der Waals surface area contributed by atoms with Gasteiger partial charge in [-0.3, -0.25) is 0 Å². The molecule has 0 saturated heterocycles. The van der Waals surface area contributed by atoms with Gasteiger partial charge in [0.05, 0.1) is 363 Å². The normalized spacial score (nSPS) is 14.1. The van der Waals surface area contributed by atoms with Gasteiger partial charge in [0.1, 0.15) is 76.3 Å². The Hall–Kier alpha value is -1.04. The average Bonchev–Trinajstić information content (AvgIpc) is 0.964. The van der Waals surface area contributed by atoms with Crippen molar-refractivity contribution in [3.63, 3.8) is 0 Å². The van der Waals surface area contributed by atoms with Crippen LogP contribution in [0.1, 0.15) is 357 Å². The molecular formula is C121H258N7O19+7. The summed E-state index contributed by atoms with van der Waals surface area (Å²) in [7, 11) is 34.5. The topological polar surface area (TPSA) is 175 Å². The van der Waals surface area contributed by atoms with Crippen molar-refractivity contribution in [3.8, 4) is 0 Å². The number of likely N-dealkylation sites (N-methyl/N-ethyl adjacent to an activating group) is 7. The van der Waals surface area contributed by atoms with Crippen LogP contribution in [-0.4, -0.2) is 470 Å². The fourth-order valence-corrected chi connectivity index (χ4v) is 18.1. The van der Waals surface area contributed by atoms with Crippen molar-refractivity contribution >= 4 is 0 Å². The fourth-order valence-electron chi connectivity index (χ4n) is 18.1. The van der Waals surface area contributed by atoms with E-state index in [4.69, 9.17) is 90.0 Å². The first-order chi connectivity index (χ1) is 70.9. The fraction of sp³-hybridized carbons (Fsp3) is 1.00. The monoisotopic (exact) mass is 2110 g/mol. The van der Waals surface area contributed by atoms with Crippen molar-refractivity contribution in [3.05, 3.63) is 0 Å². The Morgan fingerprint density at radius 3 is 0.456 bits per heavy atom. The van der Waals surface area contributed by atoms with Gasteiger partial charge in [0.15, 0.2) is 0 Å². The molecule has 26 heteroatoms. The molecule has 0 rings (SSSR count). The zero-order valence-corrected chi connectivity index (χ0v) is 102. The third-order valence-electron chi connectivity index (χ3n) is 29.0. The van der Waals surface area contributed by atoms with Crippen LogP contribution in [-0.2, 0) is 90.0 Å². The molecule has 147 heavy (non-hydrogen) atoms. The van der Waals surface area contributed by atoms with Crippen molar-refractivity contribution in [1.29, 1.82) is 0 Å². The molecule has 0 saturated carbocycles. The van der Waals surface area contributed by atoms with E-state index in [1.807, 2.05) is 0 Å². The van der Waals surface area contributed by atoms with E-state index in [1.54, 1.807) is 0 Å². The number of quaternary nitrogens is 7. The van der Waals surface area contributed by atoms with E-state index in [1.165, 1.54) is 315 Å². The molecule has 0 N–H and O–H groups in total. The summed E-state index contributed by atoms with van der Waals surface area (Å²) < 4.78 is 130. The van der Waals surface area contributed by atoms with Crippen LogP contribution in [0.4, 0.5) is 0 Å². The predicted molar refractivity (Wildman–Crippen MR) is 614 cm³/mol. The molecule has 0 amide bonds. The van der Waals surface area contributed by atoms with Gasteiger partial charge in [-0.15, -0.1) is 0 Å². The quantitative estimate of drug-likeness (QED) is 0.0415. The van der Waals surface area contributed by atoms with Crippen LogP contribution in [0.5, 0.6) is 0 Å². The SMILES string of the molecule is CCCCCCCCCC[N+](C)(C)CCOCCOC(C)COCC(COCC(COCC(COCC(COCC(COCCOCC[N+](C)(C)C)OCCOCC[N+](C)(C)CCCCCCCCCC)OCCOCC[N+](C)(C)CCCCCCCCCC)OCCOCC[N+](C)(C)CCCCCCCCCC)OCCOCC[N+](C)(C)CCCCCCCCCC)OCCOCC[N+](C)(C)CCCCCCCCCC. The van der Waals surface area contributed by atoms with E-state index in [2.05, 4.69) is 154 Å². The molecule has 0 aromatic rings. The Bertz CT molecular complexity index is 2640. The van der Waals surface area contributed by atoms with Crippen LogP contribution in [0.25, 0.3) is 0 Å². The van der Waals surface area contributed by atoms with Gasteiger partial charge >= 0.3 is 0 Å². The van der Waals surface area contributed by atoms with Gasteiger partial charge in [-0.2, -0.15) is 0 Å². The molecular weight excluding hydrogens is 1860 g/mol. The lowest BCUT2D eigenvalue weighted by atomic mass is 10.1. The van der Waals surface area contributed by atoms with Gasteiger partial charge in [-0.25, -0.2) is 0 Å². The van der Waals surface area contributed by atoms with Crippen LogP contribution < -0.4 is 0 Å². The van der Waals surface area contributed by atoms with E-state index in [-0.39, 0.29) is 71.2 Å². The largest absolute Gasteiger partial charge is 0.376 e. The van der Waals surface area contributed by atoms with Gasteiger partial charge in [0.25, 0.3) is 0 Å². The molecule has 0 aromatic carbocycles. The highest BCUT2D eigenvalue weighted by Gasteiger charge is 2.26. The second-order valence-corrected chi connectivity index (χ2v) is 48.4. The third kappa shape index (κ3) is 108. The number of ether oxygens (including phenoxy) is 19. The summed E-state index contributed by atoms with van der Waals surface area (Å²) in [4.78, 5) is 0. The van der Waals surface area contributed by atoms with E-state index < -0.39 is 18.3 Å². The highest BCUT2D eigenvalue weighted by molar-refractivity contribution is 4.67. The minimum atomic E-state index is -0.465. The highest BCUT2D eigenvalue weighted by Crippen LogP contribution is 2.20. The Labute approximate surface area is 911 Å². The maximum Gasteiger partial charge on any atom is 0.104 e. The highest BCUT2D eigenvalue weighted by atomic mass is 16.6. The molecule has 0 aromatic heterocycles. The molecule has 6 atom stereocenters. The van der Waals surface area contributed by atoms with Gasteiger partial charge in [0, 0.05) is 0 Å². The third-order valence-corrected chi connectivity index (χ3v) is 29.0. The van der Waals surface area contributed by atoms with Crippen molar-refractivity contribution in [1.82, 2.24) is 0 Å². The van der Waals surface area contributed by atoms with Gasteiger partial charge in [0.2, 0.25) is 0 Å². The number of hydrogen-bond donors (Lipinski definition) is 0. The molecule has 0 heterocycles. The van der Waals surface area contributed by atoms with E-state index >= 15 is 0 Å². The average molecular weight is 2120 g/mol. The molecule has 26 nitrogen and oxygen atoms in total. The molecule has 884 valence electrons. The van der Waals surface area contributed by atoms with Crippen LogP contribution in [0.2, 0.25) is 0 Å². The summed E-state index contributed by atoms with van der Waals surface area (Å²) in [5.74, 6) is 0. The first kappa shape index (κ1) is 146. The number of unbranched alkanes of at least 4 members (excludes halogenated alkanes) is 42. The minimum absolute atomic E-state index is 0.143. The molecule has 0 aliphatic rings. The van der Waals surface area contributed by atoms with Crippen molar-refractivity contribution in [2.75, 3.05) is 402 Å². The summed E-state index contributed by atoms with van der Waals surface area (Å²) in [6.07, 6.45) is 61.2. The second kappa shape index (κ2) is 103. The lowest BCUT2D eigenvalue weighted by molar-refractivity contribution is -0.891. The summed E-state index contributed by atoms with van der Waals surface area (Å²) in [6, 6.07) is 0. The smallest absolute Gasteiger partial charge is 0.104 e. The Morgan fingerprint density at radius 1 is 0.129 bits per heavy atom. The summed E-state index contributed by atoms with van der Waals surface area (Å²) >= 11 is 0. The predicted octanol–water partition coefficient (Wildman–Crippen LogP) is 22.5. The molecule has 0 radical (unpaired) electrons. The zero-order valence-electron chi connectivity index (χ0n) is 102. The first-order valence-electron chi connectivity index (χ1n) is 61.8. The van der Waals surface area contributed by atoms with Crippen LogP contribution in [0.3, 0.4) is 0 Å². The van der Waals surface area contributed by atoms with Crippen LogP contribution in [0, 0.1) is 0 Å². The second-order valence-electron chi connectivity index (χ2n) is 48.4. The van der Waals surface area contributed by atoms with E-state index in [0.29, 0.717) is 159 Å². The number of nitrogens with zero attached hydrogens (tertiary/aromatic N) is 7. The van der Waals surface area contributed by atoms with Crippen molar-refractivity contribution in [2.24, 2.45) is 0 Å². The lowest BCUT2D eigenvalue weighted by Crippen LogP contribution is -2.43. The van der Waals surface area contributed by atoms with Crippen LogP contribution in [0.15, 0.2) is 0 Å². The summed E-state index contributed by atoms with van der Waals surface area (Å²) in [5.41, 5.74) is 0. The molecule has 0 aliphatic carbocycles. The standard InChI is InChI=1S/C121H258N7O19/c1-23-29-35-41-47-53-59-65-71-123(11,12)78-85-130-93-99-142-116(7)105-137-107-118(144-101-95-132-87-80-125(15,16)73-67-61-55-49-43-37-31-25-3)109-139-111-120(146-103-97-134-89-82-127(19,20)75-69-63-57-51-45-39-33-27-5)113-141-115-121(147-104-98-135-90-83-128(21,22)76-70-64-58-52-46-40-34-28-6)114-140-112-119(145-102-96-133-88-81-126(17,18)74-68-62-56-50-44-38-32-26-4)110-138-108-117(106-136-92-91-129-84-77-122(8,9)10)143-100-94-131-86-79-124(13,14)72-66-60-54-48-42-36-30-24-2/h116-121H,23-115H2,1-22H3/q+7. The Balaban J connectivity index is 7.25. The van der Waals surface area contributed by atoms with E-state index in [0.717, 1.165) is 110 Å². The molecule has 0 spiro atoms. The Kier molecular flexibility index (Phi) is 102. The maximum absolute atomic E-state index is 6.77. The summed E-state index contributed by atoms with van der Waals surface area (Å²) in [6.45, 7) is 43.2. The number of rotatable bonds is 124. The van der Waals surface area contributed by atoms with Gasteiger partial charge < -0.3 is 121 Å². The summed E-state index contributed by atoms with van der Waals surface area (Å²) in [5, 5.41) is 0. The first-order valence-corrected chi connectivity index (χ1v) is 61.8. The minimum Gasteiger partial charge on any atom is -0.376 e. The maximum atomic E-state index is 6.77. The molecule has 6 unspecified atom stereocenters.